The third-order valence-corrected chi connectivity index (χ3v) is 5.04. The Hall–Kier alpha value is -2.44. The van der Waals surface area contributed by atoms with E-state index < -0.39 is 0 Å². The van der Waals surface area contributed by atoms with E-state index in [0.717, 1.165) is 39.0 Å². The molecule has 142 valence electrons. The number of carbonyl (C=O) groups is 2. The minimum absolute atomic E-state index is 0.00676. The van der Waals surface area contributed by atoms with E-state index >= 15 is 0 Å². The Morgan fingerprint density at radius 3 is 2.27 bits per heavy atom. The number of rotatable bonds is 3. The molecule has 7 nitrogen and oxygen atoms in total. The quantitative estimate of drug-likeness (QED) is 0.897. The zero-order chi connectivity index (χ0) is 18.4. The van der Waals surface area contributed by atoms with Crippen molar-refractivity contribution < 1.29 is 14.3 Å². The summed E-state index contributed by atoms with van der Waals surface area (Å²) in [5.41, 5.74) is 1.21. The fraction of sp³-hybridized carbons (Fsp3) is 0.579. The van der Waals surface area contributed by atoms with Crippen molar-refractivity contribution in [2.24, 2.45) is 0 Å². The highest BCUT2D eigenvalue weighted by Crippen LogP contribution is 2.16. The fourth-order valence-electron chi connectivity index (χ4n) is 3.49. The molecule has 1 N–H and O–H groups in total. The number of amides is 3. The van der Waals surface area contributed by atoms with Crippen LogP contribution in [-0.2, 0) is 4.74 Å². The monoisotopic (exact) mass is 360 g/mol. The molecular weight excluding hydrogens is 332 g/mol. The SMILES string of the molecule is CCOC(=O)N1CCC(NC(=O)N2CCN(c3ccccc3)CC2)CC1. The van der Waals surface area contributed by atoms with Gasteiger partial charge in [0.05, 0.1) is 6.61 Å². The molecule has 7 heteroatoms. The molecule has 0 bridgehead atoms. The van der Waals surface area contributed by atoms with Gasteiger partial charge in [0.25, 0.3) is 0 Å². The van der Waals surface area contributed by atoms with Crippen LogP contribution in [0, 0.1) is 0 Å². The van der Waals surface area contributed by atoms with Gasteiger partial charge in [0.2, 0.25) is 0 Å². The molecule has 0 aromatic heterocycles. The van der Waals surface area contributed by atoms with Crippen molar-refractivity contribution in [2.75, 3.05) is 50.8 Å². The molecule has 3 amide bonds. The summed E-state index contributed by atoms with van der Waals surface area (Å²) < 4.78 is 5.03. The van der Waals surface area contributed by atoms with Gasteiger partial charge in [-0.15, -0.1) is 0 Å². The van der Waals surface area contributed by atoms with Gasteiger partial charge in [0.15, 0.2) is 0 Å². The second-order valence-corrected chi connectivity index (χ2v) is 6.72. The molecule has 2 fully saturated rings. The van der Waals surface area contributed by atoms with Gasteiger partial charge < -0.3 is 24.8 Å². The molecule has 2 aliphatic rings. The van der Waals surface area contributed by atoms with Gasteiger partial charge in [0.1, 0.15) is 0 Å². The van der Waals surface area contributed by atoms with Crippen molar-refractivity contribution in [2.45, 2.75) is 25.8 Å². The van der Waals surface area contributed by atoms with Gasteiger partial charge in [0, 0.05) is 51.0 Å². The number of likely N-dealkylation sites (tertiary alicyclic amines) is 1. The number of carbonyl (C=O) groups excluding carboxylic acids is 2. The number of benzene rings is 1. The average molecular weight is 360 g/mol. The van der Waals surface area contributed by atoms with Crippen molar-refractivity contribution in [1.29, 1.82) is 0 Å². The highest BCUT2D eigenvalue weighted by Gasteiger charge is 2.27. The summed E-state index contributed by atoms with van der Waals surface area (Å²) in [6.07, 6.45) is 1.29. The van der Waals surface area contributed by atoms with Crippen molar-refractivity contribution in [1.82, 2.24) is 15.1 Å². The van der Waals surface area contributed by atoms with Crippen molar-refractivity contribution in [3.05, 3.63) is 30.3 Å². The second kappa shape index (κ2) is 8.78. The van der Waals surface area contributed by atoms with Crippen molar-refractivity contribution in [3.8, 4) is 0 Å². The smallest absolute Gasteiger partial charge is 0.409 e. The standard InChI is InChI=1S/C19H28N4O3/c1-2-26-19(25)23-10-8-16(9-11-23)20-18(24)22-14-12-21(13-15-22)17-6-4-3-5-7-17/h3-7,16H,2,8-15H2,1H3,(H,20,24). The first kappa shape index (κ1) is 18.4. The Morgan fingerprint density at radius 2 is 1.65 bits per heavy atom. The maximum absolute atomic E-state index is 12.5. The summed E-state index contributed by atoms with van der Waals surface area (Å²) >= 11 is 0. The lowest BCUT2D eigenvalue weighted by molar-refractivity contribution is 0.0950. The lowest BCUT2D eigenvalue weighted by Crippen LogP contribution is -2.55. The summed E-state index contributed by atoms with van der Waals surface area (Å²) in [7, 11) is 0. The molecule has 1 aromatic carbocycles. The van der Waals surface area contributed by atoms with Crippen molar-refractivity contribution >= 4 is 17.8 Å². The van der Waals surface area contributed by atoms with Crippen LogP contribution in [0.2, 0.25) is 0 Å². The third kappa shape index (κ3) is 4.59. The molecule has 3 rings (SSSR count). The number of nitrogens with one attached hydrogen (secondary N) is 1. The number of para-hydroxylation sites is 1. The Morgan fingerprint density at radius 1 is 1.00 bits per heavy atom. The molecule has 2 aliphatic heterocycles. The van der Waals surface area contributed by atoms with Crippen LogP contribution in [0.1, 0.15) is 19.8 Å². The van der Waals surface area contributed by atoms with Gasteiger partial charge in [-0.25, -0.2) is 9.59 Å². The van der Waals surface area contributed by atoms with E-state index in [4.69, 9.17) is 4.74 Å². The largest absolute Gasteiger partial charge is 0.450 e. The Bertz CT molecular complexity index is 594. The minimum Gasteiger partial charge on any atom is -0.450 e. The molecule has 0 radical (unpaired) electrons. The number of piperidine rings is 1. The van der Waals surface area contributed by atoms with Crippen LogP contribution in [0.5, 0.6) is 0 Å². The highest BCUT2D eigenvalue weighted by atomic mass is 16.6. The molecule has 2 heterocycles. The second-order valence-electron chi connectivity index (χ2n) is 6.72. The van der Waals surface area contributed by atoms with E-state index in [9.17, 15) is 9.59 Å². The zero-order valence-electron chi connectivity index (χ0n) is 15.4. The van der Waals surface area contributed by atoms with Crippen LogP contribution >= 0.6 is 0 Å². The first-order valence-electron chi connectivity index (χ1n) is 9.44. The molecule has 0 aliphatic carbocycles. The summed E-state index contributed by atoms with van der Waals surface area (Å²) in [5, 5.41) is 3.12. The highest BCUT2D eigenvalue weighted by molar-refractivity contribution is 5.75. The van der Waals surface area contributed by atoms with E-state index in [-0.39, 0.29) is 18.2 Å². The molecule has 1 aromatic rings. The van der Waals surface area contributed by atoms with Gasteiger partial charge >= 0.3 is 12.1 Å². The molecule has 0 saturated carbocycles. The number of hydrogen-bond donors (Lipinski definition) is 1. The first-order chi connectivity index (χ1) is 12.7. The first-order valence-corrected chi connectivity index (χ1v) is 9.44. The van der Waals surface area contributed by atoms with E-state index in [1.54, 1.807) is 4.90 Å². The lowest BCUT2D eigenvalue weighted by atomic mass is 10.1. The predicted octanol–water partition coefficient (Wildman–Crippen LogP) is 2.14. The summed E-state index contributed by atoms with van der Waals surface area (Å²) in [5.74, 6) is 0. The van der Waals surface area contributed by atoms with Crippen LogP contribution < -0.4 is 10.2 Å². The number of urea groups is 1. The molecule has 0 unspecified atom stereocenters. The fourth-order valence-corrected chi connectivity index (χ4v) is 3.49. The topological polar surface area (TPSA) is 65.1 Å². The van der Waals surface area contributed by atoms with Crippen LogP contribution in [0.3, 0.4) is 0 Å². The van der Waals surface area contributed by atoms with E-state index in [1.165, 1.54) is 5.69 Å². The number of hydrogen-bond acceptors (Lipinski definition) is 4. The van der Waals surface area contributed by atoms with Gasteiger partial charge in [-0.05, 0) is 31.9 Å². The van der Waals surface area contributed by atoms with Crippen LogP contribution in [-0.4, -0.2) is 73.8 Å². The van der Waals surface area contributed by atoms with E-state index in [0.29, 0.717) is 19.7 Å². The summed E-state index contributed by atoms with van der Waals surface area (Å²) in [6, 6.07) is 10.4. The molecule has 0 atom stereocenters. The normalized spacial score (nSPS) is 18.6. The zero-order valence-corrected chi connectivity index (χ0v) is 15.4. The van der Waals surface area contributed by atoms with Gasteiger partial charge in [-0.3, -0.25) is 0 Å². The molecule has 2 saturated heterocycles. The maximum Gasteiger partial charge on any atom is 0.409 e. The minimum atomic E-state index is -0.255. The Labute approximate surface area is 154 Å². The number of anilines is 1. The van der Waals surface area contributed by atoms with Gasteiger partial charge in [-0.1, -0.05) is 18.2 Å². The number of piperazine rings is 1. The van der Waals surface area contributed by atoms with Crippen LogP contribution in [0.15, 0.2) is 30.3 Å². The maximum atomic E-state index is 12.5. The summed E-state index contributed by atoms with van der Waals surface area (Å²) in [6.45, 7) is 6.60. The Kier molecular flexibility index (Phi) is 6.20. The van der Waals surface area contributed by atoms with Crippen LogP contribution in [0.25, 0.3) is 0 Å². The van der Waals surface area contributed by atoms with E-state index in [1.807, 2.05) is 30.0 Å². The third-order valence-electron chi connectivity index (χ3n) is 5.04. The predicted molar refractivity (Wildman–Crippen MR) is 100 cm³/mol. The van der Waals surface area contributed by atoms with E-state index in [2.05, 4.69) is 22.3 Å². The number of ether oxygens (including phenoxy) is 1. The molecule has 26 heavy (non-hydrogen) atoms. The van der Waals surface area contributed by atoms with Crippen molar-refractivity contribution in [3.63, 3.8) is 0 Å². The van der Waals surface area contributed by atoms with Gasteiger partial charge in [-0.2, -0.15) is 0 Å². The summed E-state index contributed by atoms with van der Waals surface area (Å²) in [4.78, 5) is 30.2. The Balaban J connectivity index is 1.40. The van der Waals surface area contributed by atoms with Crippen LogP contribution in [0.4, 0.5) is 15.3 Å². The number of nitrogens with zero attached hydrogens (tertiary/aromatic N) is 3. The average Bonchev–Trinajstić information content (AvgIpc) is 2.69. The molecular formula is C19H28N4O3. The lowest BCUT2D eigenvalue weighted by Gasteiger charge is -2.37. The molecule has 0 spiro atoms.